The molecule has 3 N–H and O–H groups in total. The molecule has 0 aliphatic heterocycles. The number of carboxylic acid groups (broad SMARTS) is 1. The molecular formula is C28H39KN2O8. The quantitative estimate of drug-likeness (QED) is 0.226. The van der Waals surface area contributed by atoms with E-state index in [1.54, 1.807) is 6.20 Å². The first-order valence-electron chi connectivity index (χ1n) is 12.9. The maximum atomic E-state index is 13.7. The fraction of sp³-hybridized carbons (Fsp3) is 0.571. The van der Waals surface area contributed by atoms with Crippen LogP contribution in [-0.4, -0.2) is 54.7 Å². The van der Waals surface area contributed by atoms with Crippen molar-refractivity contribution in [1.29, 1.82) is 0 Å². The number of nitrogens with one attached hydrogen (secondary N) is 1. The van der Waals surface area contributed by atoms with Crippen molar-refractivity contribution in [3.05, 3.63) is 42.4 Å². The number of hydrogen-bond acceptors (Lipinski definition) is 8. The third-order valence-electron chi connectivity index (χ3n) is 6.82. The zero-order valence-corrected chi connectivity index (χ0v) is 26.5. The third kappa shape index (κ3) is 10.4. The maximum absolute atomic E-state index is 13.7. The zero-order valence-electron chi connectivity index (χ0n) is 23.4. The SMILES string of the molecule is COCC[C@H](CC1(C(=O)N[C@@H](Cc2ncc(-c3ccccc3)o2)C(=O)OCC(C)C)CCCC1)C(=O)[O-].O.[K+]. The summed E-state index contributed by atoms with van der Waals surface area (Å²) in [4.78, 5) is 42.8. The maximum Gasteiger partial charge on any atom is 1.00 e. The van der Waals surface area contributed by atoms with E-state index < -0.39 is 29.3 Å². The summed E-state index contributed by atoms with van der Waals surface area (Å²) in [6, 6.07) is 8.43. The third-order valence-corrected chi connectivity index (χ3v) is 6.82. The van der Waals surface area contributed by atoms with E-state index in [0.29, 0.717) is 24.5 Å². The molecule has 2 atom stereocenters. The van der Waals surface area contributed by atoms with Crippen LogP contribution >= 0.6 is 0 Å². The molecular weight excluding hydrogens is 531 g/mol. The second-order valence-corrected chi connectivity index (χ2v) is 10.2. The molecule has 210 valence electrons. The summed E-state index contributed by atoms with van der Waals surface area (Å²) >= 11 is 0. The Morgan fingerprint density at radius 3 is 2.41 bits per heavy atom. The summed E-state index contributed by atoms with van der Waals surface area (Å²) in [7, 11) is 1.50. The van der Waals surface area contributed by atoms with Gasteiger partial charge in [-0.25, -0.2) is 9.78 Å². The molecule has 11 heteroatoms. The van der Waals surface area contributed by atoms with Crippen molar-refractivity contribution >= 4 is 17.8 Å². The first-order chi connectivity index (χ1) is 17.7. The van der Waals surface area contributed by atoms with E-state index in [4.69, 9.17) is 13.9 Å². The number of rotatable bonds is 14. The Kier molecular flexibility index (Phi) is 15.7. The van der Waals surface area contributed by atoms with Gasteiger partial charge in [0.15, 0.2) is 11.7 Å². The van der Waals surface area contributed by atoms with Crippen LogP contribution in [0, 0.1) is 17.3 Å². The van der Waals surface area contributed by atoms with Gasteiger partial charge in [-0.1, -0.05) is 57.0 Å². The van der Waals surface area contributed by atoms with Gasteiger partial charge in [0.1, 0.15) is 6.04 Å². The number of aromatic nitrogens is 1. The number of benzene rings is 1. The van der Waals surface area contributed by atoms with Crippen molar-refractivity contribution in [2.24, 2.45) is 17.3 Å². The molecule has 0 radical (unpaired) electrons. The van der Waals surface area contributed by atoms with Crippen LogP contribution in [-0.2, 0) is 30.3 Å². The van der Waals surface area contributed by atoms with Gasteiger partial charge in [-0.2, -0.15) is 0 Å². The molecule has 0 spiro atoms. The van der Waals surface area contributed by atoms with E-state index in [0.717, 1.165) is 18.4 Å². The van der Waals surface area contributed by atoms with Crippen molar-refractivity contribution in [1.82, 2.24) is 10.3 Å². The molecule has 1 amide bonds. The fourth-order valence-electron chi connectivity index (χ4n) is 4.78. The summed E-state index contributed by atoms with van der Waals surface area (Å²) in [5.74, 6) is -1.98. The van der Waals surface area contributed by atoms with E-state index in [1.165, 1.54) is 7.11 Å². The summed E-state index contributed by atoms with van der Waals surface area (Å²) in [6.07, 6.45) is 4.68. The number of amides is 1. The molecule has 1 heterocycles. The van der Waals surface area contributed by atoms with Gasteiger partial charge < -0.3 is 34.6 Å². The predicted molar refractivity (Wildman–Crippen MR) is 137 cm³/mol. The number of carboxylic acids is 1. The first-order valence-corrected chi connectivity index (χ1v) is 12.9. The molecule has 1 saturated carbocycles. The Labute approximate surface area is 272 Å². The number of carbonyl (C=O) groups excluding carboxylic acids is 3. The van der Waals surface area contributed by atoms with Crippen LogP contribution < -0.4 is 61.8 Å². The largest absolute Gasteiger partial charge is 1.00 e. The van der Waals surface area contributed by atoms with Crippen LogP contribution in [0.4, 0.5) is 0 Å². The molecule has 0 unspecified atom stereocenters. The molecule has 1 aromatic heterocycles. The minimum Gasteiger partial charge on any atom is -0.550 e. The van der Waals surface area contributed by atoms with Gasteiger partial charge in [-0.15, -0.1) is 0 Å². The van der Waals surface area contributed by atoms with E-state index in [2.05, 4.69) is 10.3 Å². The number of oxazole rings is 1. The number of nitrogens with zero attached hydrogens (tertiary/aromatic N) is 1. The number of carbonyl (C=O) groups is 3. The first kappa shape index (κ1) is 35.4. The molecule has 1 aliphatic rings. The van der Waals surface area contributed by atoms with Crippen molar-refractivity contribution in [3.63, 3.8) is 0 Å². The number of hydrogen-bond donors (Lipinski definition) is 1. The normalized spacial score (nSPS) is 15.5. The van der Waals surface area contributed by atoms with Crippen LogP contribution in [0.3, 0.4) is 0 Å². The average Bonchev–Trinajstić information content (AvgIpc) is 3.55. The topological polar surface area (TPSA) is 162 Å². The van der Waals surface area contributed by atoms with Crippen LogP contribution in [0.2, 0.25) is 0 Å². The van der Waals surface area contributed by atoms with E-state index in [-0.39, 0.29) is 101 Å². The Hall–Kier alpha value is -1.60. The van der Waals surface area contributed by atoms with Gasteiger partial charge in [-0.3, -0.25) is 4.79 Å². The van der Waals surface area contributed by atoms with Crippen LogP contribution in [0.5, 0.6) is 0 Å². The van der Waals surface area contributed by atoms with E-state index in [1.807, 2.05) is 44.2 Å². The molecule has 1 aliphatic carbocycles. The van der Waals surface area contributed by atoms with Gasteiger partial charge in [0.2, 0.25) is 5.91 Å². The smallest absolute Gasteiger partial charge is 0.550 e. The molecule has 3 rings (SSSR count). The molecule has 2 aromatic rings. The van der Waals surface area contributed by atoms with E-state index in [9.17, 15) is 19.5 Å². The summed E-state index contributed by atoms with van der Waals surface area (Å²) in [5.41, 5.74) is -0.0561. The van der Waals surface area contributed by atoms with Gasteiger partial charge in [0.05, 0.1) is 19.2 Å². The molecule has 1 fully saturated rings. The number of aliphatic carboxylic acids is 1. The Bertz CT molecular complexity index is 1040. The summed E-state index contributed by atoms with van der Waals surface area (Å²) < 4.78 is 16.4. The number of esters is 1. The number of methoxy groups -OCH3 is 1. The summed E-state index contributed by atoms with van der Waals surface area (Å²) in [6.45, 7) is 4.32. The standard InChI is InChI=1S/C28H38N2O7.K.H2O/c1-19(2)18-36-26(33)22(15-24-29-17-23(37-24)20-9-5-4-6-10-20)30-27(34)28(12-7-8-13-28)16-21(25(31)32)11-14-35-3;;/h4-6,9-10,17,19,21-22H,7-8,11-16,18H2,1-3H3,(H,30,34)(H,31,32);;1H2/q;+1;/p-1/t21-,22+;;/m1../s1. The second-order valence-electron chi connectivity index (χ2n) is 10.2. The van der Waals surface area contributed by atoms with Crippen LogP contribution in [0.1, 0.15) is 58.3 Å². The second kappa shape index (κ2) is 17.3. The minimum absolute atomic E-state index is 0. The summed E-state index contributed by atoms with van der Waals surface area (Å²) in [5, 5.41) is 14.7. The molecule has 10 nitrogen and oxygen atoms in total. The number of ether oxygens (including phenoxy) is 2. The Morgan fingerprint density at radius 2 is 1.82 bits per heavy atom. The average molecular weight is 571 g/mol. The van der Waals surface area contributed by atoms with Crippen LogP contribution in [0.25, 0.3) is 11.3 Å². The van der Waals surface area contributed by atoms with Crippen molar-refractivity contribution < 1.29 is 90.2 Å². The van der Waals surface area contributed by atoms with Crippen molar-refractivity contribution in [2.75, 3.05) is 20.3 Å². The predicted octanol–water partition coefficient (Wildman–Crippen LogP) is -0.899. The Balaban J connectivity index is 0.00000380. The van der Waals surface area contributed by atoms with E-state index >= 15 is 0 Å². The van der Waals surface area contributed by atoms with Gasteiger partial charge in [0, 0.05) is 36.6 Å². The van der Waals surface area contributed by atoms with Gasteiger partial charge >= 0.3 is 57.4 Å². The molecule has 39 heavy (non-hydrogen) atoms. The molecule has 0 bridgehead atoms. The Morgan fingerprint density at radius 1 is 1.15 bits per heavy atom. The zero-order chi connectivity index (χ0) is 26.8. The minimum atomic E-state index is -1.20. The van der Waals surface area contributed by atoms with Crippen molar-refractivity contribution in [2.45, 2.75) is 64.8 Å². The fourth-order valence-corrected chi connectivity index (χ4v) is 4.78. The van der Waals surface area contributed by atoms with Crippen molar-refractivity contribution in [3.8, 4) is 11.3 Å². The van der Waals surface area contributed by atoms with Crippen LogP contribution in [0.15, 0.2) is 40.9 Å². The van der Waals surface area contributed by atoms with Gasteiger partial charge in [-0.05, 0) is 31.6 Å². The molecule has 1 aromatic carbocycles. The monoisotopic (exact) mass is 570 g/mol. The van der Waals surface area contributed by atoms with Gasteiger partial charge in [0.25, 0.3) is 0 Å². The molecule has 0 saturated heterocycles.